The van der Waals surface area contributed by atoms with Crippen LogP contribution in [0.3, 0.4) is 0 Å². The molecule has 0 radical (unpaired) electrons. The number of likely N-dealkylation sites (tertiary alicyclic amines) is 1. The highest BCUT2D eigenvalue weighted by Crippen LogP contribution is 2.54. The summed E-state index contributed by atoms with van der Waals surface area (Å²) in [6.45, 7) is 4.21. The van der Waals surface area contributed by atoms with Gasteiger partial charge in [-0.1, -0.05) is 54.6 Å². The monoisotopic (exact) mass is 460 g/mol. The highest BCUT2D eigenvalue weighted by molar-refractivity contribution is 5.94. The SMILES string of the molecule is C=CCC(NC(=O)OCC1c2ccccc2-c2ccccc21)C(=O)N1CCC[C@@H]2C[C@@]21C(=O)O. The van der Waals surface area contributed by atoms with Crippen LogP contribution in [0.1, 0.15) is 42.7 Å². The molecule has 3 atom stereocenters. The van der Waals surface area contributed by atoms with Crippen LogP contribution in [-0.2, 0) is 14.3 Å². The van der Waals surface area contributed by atoms with Gasteiger partial charge in [0.25, 0.3) is 0 Å². The molecule has 1 heterocycles. The second kappa shape index (κ2) is 8.63. The second-order valence-corrected chi connectivity index (χ2v) is 9.31. The predicted octanol–water partition coefficient (Wildman–Crippen LogP) is 3.94. The molecule has 34 heavy (non-hydrogen) atoms. The van der Waals surface area contributed by atoms with E-state index in [1.165, 1.54) is 4.90 Å². The summed E-state index contributed by atoms with van der Waals surface area (Å²) in [5.74, 6) is -1.46. The lowest BCUT2D eigenvalue weighted by Crippen LogP contribution is -2.57. The number of carbonyl (C=O) groups is 3. The molecular formula is C27H28N2O5. The first-order chi connectivity index (χ1) is 16.5. The van der Waals surface area contributed by atoms with Crippen molar-refractivity contribution in [1.29, 1.82) is 0 Å². The molecule has 3 aliphatic rings. The molecule has 7 heteroatoms. The summed E-state index contributed by atoms with van der Waals surface area (Å²) >= 11 is 0. The molecule has 2 amide bonds. The van der Waals surface area contributed by atoms with E-state index >= 15 is 0 Å². The van der Waals surface area contributed by atoms with Crippen LogP contribution < -0.4 is 5.32 Å². The average Bonchev–Trinajstić information content (AvgIpc) is 3.53. The third kappa shape index (κ3) is 3.56. The molecule has 1 saturated heterocycles. The van der Waals surface area contributed by atoms with Crippen molar-refractivity contribution in [3.8, 4) is 11.1 Å². The van der Waals surface area contributed by atoms with Gasteiger partial charge in [0.2, 0.25) is 5.91 Å². The average molecular weight is 461 g/mol. The lowest BCUT2D eigenvalue weighted by atomic mass is 9.98. The molecule has 0 aromatic heterocycles. The van der Waals surface area contributed by atoms with Gasteiger partial charge < -0.3 is 20.1 Å². The molecule has 176 valence electrons. The van der Waals surface area contributed by atoms with Crippen LogP contribution >= 0.6 is 0 Å². The van der Waals surface area contributed by atoms with E-state index in [9.17, 15) is 19.5 Å². The van der Waals surface area contributed by atoms with Gasteiger partial charge in [-0.05, 0) is 53.9 Å². The molecule has 2 fully saturated rings. The van der Waals surface area contributed by atoms with Crippen LogP contribution in [0.4, 0.5) is 4.79 Å². The Kier molecular flexibility index (Phi) is 5.63. The summed E-state index contributed by atoms with van der Waals surface area (Å²) in [5, 5.41) is 12.5. The summed E-state index contributed by atoms with van der Waals surface area (Å²) in [7, 11) is 0. The number of benzene rings is 2. The largest absolute Gasteiger partial charge is 0.479 e. The minimum atomic E-state index is -1.13. The van der Waals surface area contributed by atoms with E-state index in [4.69, 9.17) is 4.74 Å². The van der Waals surface area contributed by atoms with Crippen LogP contribution in [0.2, 0.25) is 0 Å². The molecule has 0 bridgehead atoms. The fraction of sp³-hybridized carbons (Fsp3) is 0.370. The first kappa shape index (κ1) is 22.2. The Morgan fingerprint density at radius 3 is 2.41 bits per heavy atom. The van der Waals surface area contributed by atoms with E-state index in [1.807, 2.05) is 36.4 Å². The molecule has 2 N–H and O–H groups in total. The van der Waals surface area contributed by atoms with Gasteiger partial charge >= 0.3 is 12.1 Å². The van der Waals surface area contributed by atoms with Crippen molar-refractivity contribution in [3.05, 3.63) is 72.3 Å². The second-order valence-electron chi connectivity index (χ2n) is 9.31. The number of rotatable bonds is 7. The van der Waals surface area contributed by atoms with Crippen LogP contribution in [0.5, 0.6) is 0 Å². The Morgan fingerprint density at radius 1 is 1.15 bits per heavy atom. The third-order valence-corrected chi connectivity index (χ3v) is 7.46. The Morgan fingerprint density at radius 2 is 1.79 bits per heavy atom. The molecular weight excluding hydrogens is 432 g/mol. The van der Waals surface area contributed by atoms with Gasteiger partial charge in [0.05, 0.1) is 0 Å². The molecule has 1 unspecified atom stereocenters. The number of nitrogens with one attached hydrogen (secondary N) is 1. The third-order valence-electron chi connectivity index (χ3n) is 7.46. The Bertz CT molecular complexity index is 1120. The first-order valence-corrected chi connectivity index (χ1v) is 11.7. The number of carboxylic acids is 1. The van der Waals surface area contributed by atoms with Crippen molar-refractivity contribution in [3.63, 3.8) is 0 Å². The van der Waals surface area contributed by atoms with Crippen molar-refractivity contribution < 1.29 is 24.2 Å². The topological polar surface area (TPSA) is 95.9 Å². The lowest BCUT2D eigenvalue weighted by Gasteiger charge is -2.36. The molecule has 1 aliphatic heterocycles. The standard InChI is InChI=1S/C27H28N2O5/c1-2-8-23(24(30)29-14-7-9-17-15-27(17,29)25(31)32)28-26(33)34-16-22-20-12-5-3-10-18(20)19-11-4-6-13-21(19)22/h2-6,10-13,17,22-23H,1,7-9,14-16H2,(H,28,33)(H,31,32)/t17-,23?,27+/m1/s1. The molecule has 7 nitrogen and oxygen atoms in total. The minimum Gasteiger partial charge on any atom is -0.479 e. The zero-order chi connectivity index (χ0) is 23.9. The van der Waals surface area contributed by atoms with Gasteiger partial charge in [-0.25, -0.2) is 9.59 Å². The minimum absolute atomic E-state index is 0.0125. The number of aliphatic carboxylic acids is 1. The van der Waals surface area contributed by atoms with Gasteiger partial charge in [-0.15, -0.1) is 6.58 Å². The number of hydrogen-bond donors (Lipinski definition) is 2. The highest BCUT2D eigenvalue weighted by atomic mass is 16.5. The van der Waals surface area contributed by atoms with Gasteiger partial charge in [-0.3, -0.25) is 4.79 Å². The quantitative estimate of drug-likeness (QED) is 0.611. The summed E-state index contributed by atoms with van der Waals surface area (Å²) in [5.41, 5.74) is 3.35. The smallest absolute Gasteiger partial charge is 0.407 e. The number of nitrogens with zero attached hydrogens (tertiary/aromatic N) is 1. The number of alkyl carbamates (subject to hydrolysis) is 1. The maximum atomic E-state index is 13.3. The number of fused-ring (bicyclic) bond motifs is 4. The molecule has 0 spiro atoms. The zero-order valence-electron chi connectivity index (χ0n) is 18.9. The molecule has 5 rings (SSSR count). The zero-order valence-corrected chi connectivity index (χ0v) is 18.9. The summed E-state index contributed by atoms with van der Waals surface area (Å²) in [4.78, 5) is 39.5. The molecule has 2 aromatic carbocycles. The summed E-state index contributed by atoms with van der Waals surface area (Å²) in [6, 6.07) is 15.2. The molecule has 2 aliphatic carbocycles. The van der Waals surface area contributed by atoms with Crippen LogP contribution in [0.25, 0.3) is 11.1 Å². The van der Waals surface area contributed by atoms with E-state index in [1.54, 1.807) is 6.08 Å². The van der Waals surface area contributed by atoms with E-state index in [0.29, 0.717) is 13.0 Å². The highest BCUT2D eigenvalue weighted by Gasteiger charge is 2.67. The normalized spacial score (nSPS) is 23.2. The number of carboxylic acid groups (broad SMARTS) is 1. The Labute approximate surface area is 198 Å². The van der Waals surface area contributed by atoms with E-state index in [0.717, 1.165) is 35.1 Å². The van der Waals surface area contributed by atoms with Gasteiger partial charge in [0.1, 0.15) is 18.2 Å². The number of ether oxygens (including phenoxy) is 1. The van der Waals surface area contributed by atoms with Gasteiger partial charge in [0.15, 0.2) is 0 Å². The van der Waals surface area contributed by atoms with E-state index in [2.05, 4.69) is 24.0 Å². The number of piperidine rings is 1. The van der Waals surface area contributed by atoms with Crippen LogP contribution in [0.15, 0.2) is 61.2 Å². The maximum Gasteiger partial charge on any atom is 0.407 e. The number of amides is 2. The van der Waals surface area contributed by atoms with Gasteiger partial charge in [0, 0.05) is 12.5 Å². The van der Waals surface area contributed by atoms with Crippen molar-refractivity contribution in [2.45, 2.75) is 43.2 Å². The Hall–Kier alpha value is -3.61. The number of carbonyl (C=O) groups excluding carboxylic acids is 2. The fourth-order valence-electron chi connectivity index (χ4n) is 5.73. The van der Waals surface area contributed by atoms with Crippen LogP contribution in [-0.4, -0.2) is 52.7 Å². The maximum absolute atomic E-state index is 13.3. The number of hydrogen-bond acceptors (Lipinski definition) is 4. The van der Waals surface area contributed by atoms with Gasteiger partial charge in [-0.2, -0.15) is 0 Å². The first-order valence-electron chi connectivity index (χ1n) is 11.7. The van der Waals surface area contributed by atoms with E-state index < -0.39 is 29.6 Å². The van der Waals surface area contributed by atoms with Crippen molar-refractivity contribution in [1.82, 2.24) is 10.2 Å². The van der Waals surface area contributed by atoms with Crippen molar-refractivity contribution in [2.24, 2.45) is 5.92 Å². The summed E-state index contributed by atoms with van der Waals surface area (Å²) < 4.78 is 5.59. The lowest BCUT2D eigenvalue weighted by molar-refractivity contribution is -0.155. The molecule has 1 saturated carbocycles. The molecule has 2 aromatic rings. The van der Waals surface area contributed by atoms with Crippen LogP contribution in [0, 0.1) is 5.92 Å². The fourth-order valence-corrected chi connectivity index (χ4v) is 5.73. The Balaban J connectivity index is 1.27. The van der Waals surface area contributed by atoms with Crippen molar-refractivity contribution in [2.75, 3.05) is 13.2 Å². The van der Waals surface area contributed by atoms with Crippen molar-refractivity contribution >= 4 is 18.0 Å². The van der Waals surface area contributed by atoms with E-state index in [-0.39, 0.29) is 24.9 Å². The predicted molar refractivity (Wildman–Crippen MR) is 126 cm³/mol. The summed E-state index contributed by atoms with van der Waals surface area (Å²) in [6.07, 6.45) is 3.09.